The summed E-state index contributed by atoms with van der Waals surface area (Å²) in [6, 6.07) is 5.46. The van der Waals surface area contributed by atoms with Gasteiger partial charge >= 0.3 is 0 Å². The zero-order valence-corrected chi connectivity index (χ0v) is 17.4. The number of methoxy groups -OCH3 is 1. The van der Waals surface area contributed by atoms with Gasteiger partial charge < -0.3 is 21.1 Å². The zero-order chi connectivity index (χ0) is 19.2. The number of rotatable bonds is 6. The van der Waals surface area contributed by atoms with E-state index in [1.165, 1.54) is 6.42 Å². The van der Waals surface area contributed by atoms with Crippen LogP contribution in [0.3, 0.4) is 0 Å². The molecule has 0 bridgehead atoms. The van der Waals surface area contributed by atoms with Gasteiger partial charge in [-0.1, -0.05) is 25.7 Å². The molecule has 1 aromatic carbocycles. The average molecular weight is 410 g/mol. The largest absolute Gasteiger partial charge is 0.495 e. The lowest BCUT2D eigenvalue weighted by Gasteiger charge is -2.21. The van der Waals surface area contributed by atoms with Crippen LogP contribution in [-0.2, 0) is 9.59 Å². The van der Waals surface area contributed by atoms with Crippen molar-refractivity contribution >= 4 is 35.6 Å². The zero-order valence-electron chi connectivity index (χ0n) is 16.5. The second-order valence-electron chi connectivity index (χ2n) is 7.85. The Morgan fingerprint density at radius 3 is 2.46 bits per heavy atom. The molecule has 2 aliphatic carbocycles. The lowest BCUT2D eigenvalue weighted by molar-refractivity contribution is -0.120. The SMILES string of the molecule is COc1ccc(NC(=O)C[C@@H]2CCC[C@H]2N)cc1NC(=O)C1CCCCC1.Cl. The Morgan fingerprint density at radius 1 is 1.07 bits per heavy atom. The summed E-state index contributed by atoms with van der Waals surface area (Å²) in [4.78, 5) is 24.9. The van der Waals surface area contributed by atoms with Gasteiger partial charge in [0.1, 0.15) is 5.75 Å². The summed E-state index contributed by atoms with van der Waals surface area (Å²) in [7, 11) is 1.57. The molecule has 1 aromatic rings. The molecule has 2 atom stereocenters. The van der Waals surface area contributed by atoms with E-state index in [1.54, 1.807) is 25.3 Å². The summed E-state index contributed by atoms with van der Waals surface area (Å²) in [5, 5.41) is 5.92. The van der Waals surface area contributed by atoms with Crippen LogP contribution in [0.5, 0.6) is 5.75 Å². The number of amides is 2. The first-order chi connectivity index (χ1) is 13.1. The van der Waals surface area contributed by atoms with E-state index >= 15 is 0 Å². The summed E-state index contributed by atoms with van der Waals surface area (Å²) in [6.45, 7) is 0. The number of nitrogens with one attached hydrogen (secondary N) is 2. The molecule has 0 aromatic heterocycles. The predicted molar refractivity (Wildman–Crippen MR) is 114 cm³/mol. The van der Waals surface area contributed by atoms with E-state index in [4.69, 9.17) is 10.5 Å². The minimum atomic E-state index is -0.0351. The Bertz CT molecular complexity index is 677. The van der Waals surface area contributed by atoms with Crippen molar-refractivity contribution in [3.63, 3.8) is 0 Å². The van der Waals surface area contributed by atoms with Crippen molar-refractivity contribution in [3.8, 4) is 5.75 Å². The Kier molecular flexibility index (Phi) is 8.58. The van der Waals surface area contributed by atoms with Crippen LogP contribution in [0.4, 0.5) is 11.4 Å². The van der Waals surface area contributed by atoms with E-state index in [1.807, 2.05) is 0 Å². The van der Waals surface area contributed by atoms with Gasteiger partial charge in [-0.05, 0) is 49.8 Å². The molecule has 2 saturated carbocycles. The molecule has 0 heterocycles. The molecule has 156 valence electrons. The maximum Gasteiger partial charge on any atom is 0.227 e. The summed E-state index contributed by atoms with van der Waals surface area (Å²) < 4.78 is 5.37. The normalized spacial score (nSPS) is 22.2. The molecule has 0 aliphatic heterocycles. The van der Waals surface area contributed by atoms with Gasteiger partial charge in [0, 0.05) is 24.1 Å². The highest BCUT2D eigenvalue weighted by Crippen LogP contribution is 2.31. The number of carbonyl (C=O) groups is 2. The third-order valence-corrected chi connectivity index (χ3v) is 5.88. The number of nitrogens with two attached hydrogens (primary N) is 1. The number of halogens is 1. The Morgan fingerprint density at radius 2 is 1.82 bits per heavy atom. The first kappa shape index (κ1) is 22.5. The Hall–Kier alpha value is -1.79. The van der Waals surface area contributed by atoms with Crippen molar-refractivity contribution in [1.82, 2.24) is 0 Å². The minimum Gasteiger partial charge on any atom is -0.495 e. The summed E-state index contributed by atoms with van der Waals surface area (Å²) >= 11 is 0. The summed E-state index contributed by atoms with van der Waals surface area (Å²) in [6.07, 6.45) is 8.84. The van der Waals surface area contributed by atoms with Crippen LogP contribution in [0.2, 0.25) is 0 Å². The van der Waals surface area contributed by atoms with E-state index in [9.17, 15) is 9.59 Å². The molecule has 7 heteroatoms. The summed E-state index contributed by atoms with van der Waals surface area (Å²) in [5.41, 5.74) is 7.32. The number of hydrogen-bond donors (Lipinski definition) is 3. The number of hydrogen-bond acceptors (Lipinski definition) is 4. The lowest BCUT2D eigenvalue weighted by Crippen LogP contribution is -2.28. The van der Waals surface area contributed by atoms with E-state index in [-0.39, 0.29) is 42.1 Å². The van der Waals surface area contributed by atoms with Crippen molar-refractivity contribution in [1.29, 1.82) is 0 Å². The van der Waals surface area contributed by atoms with Crippen molar-refractivity contribution in [3.05, 3.63) is 18.2 Å². The highest BCUT2D eigenvalue weighted by Gasteiger charge is 2.26. The standard InChI is InChI=1S/C21H31N3O3.ClH/c1-27-19-11-10-16(23-20(25)12-15-8-5-9-17(15)22)13-18(19)24-21(26)14-6-3-2-4-7-14;/h10-11,13-15,17H,2-9,12,22H2,1H3,(H,23,25)(H,24,26);1H/t15-,17+;/m0./s1. The van der Waals surface area contributed by atoms with E-state index in [0.29, 0.717) is 23.5 Å². The fraction of sp³-hybridized carbons (Fsp3) is 0.619. The first-order valence-electron chi connectivity index (χ1n) is 10.1. The maximum absolute atomic E-state index is 12.6. The third kappa shape index (κ3) is 5.85. The Balaban J connectivity index is 0.00000280. The monoisotopic (exact) mass is 409 g/mol. The van der Waals surface area contributed by atoms with Crippen LogP contribution in [0.25, 0.3) is 0 Å². The highest BCUT2D eigenvalue weighted by atomic mass is 35.5. The average Bonchev–Trinajstić information content (AvgIpc) is 3.07. The smallest absolute Gasteiger partial charge is 0.227 e. The van der Waals surface area contributed by atoms with Gasteiger partial charge in [-0.2, -0.15) is 0 Å². The number of ether oxygens (including phenoxy) is 1. The van der Waals surface area contributed by atoms with Gasteiger partial charge in [0.15, 0.2) is 0 Å². The maximum atomic E-state index is 12.6. The van der Waals surface area contributed by atoms with Gasteiger partial charge in [0.25, 0.3) is 0 Å². The van der Waals surface area contributed by atoms with Gasteiger partial charge in [-0.3, -0.25) is 9.59 Å². The molecular weight excluding hydrogens is 378 g/mol. The van der Waals surface area contributed by atoms with Gasteiger partial charge in [0.2, 0.25) is 11.8 Å². The minimum absolute atomic E-state index is 0. The van der Waals surface area contributed by atoms with Crippen molar-refractivity contribution in [2.75, 3.05) is 17.7 Å². The molecule has 4 N–H and O–H groups in total. The van der Waals surface area contributed by atoms with Crippen molar-refractivity contribution in [2.24, 2.45) is 17.6 Å². The fourth-order valence-corrected chi connectivity index (χ4v) is 4.25. The summed E-state index contributed by atoms with van der Waals surface area (Å²) in [5.74, 6) is 0.912. The first-order valence-corrected chi connectivity index (χ1v) is 10.1. The predicted octanol–water partition coefficient (Wildman–Crippen LogP) is 4.09. The Labute approximate surface area is 173 Å². The molecule has 0 spiro atoms. The molecule has 28 heavy (non-hydrogen) atoms. The van der Waals surface area contributed by atoms with Gasteiger partial charge in [-0.25, -0.2) is 0 Å². The molecule has 2 aliphatic rings. The molecule has 0 radical (unpaired) electrons. The second-order valence-corrected chi connectivity index (χ2v) is 7.85. The topological polar surface area (TPSA) is 93.4 Å². The van der Waals surface area contributed by atoms with E-state index < -0.39 is 0 Å². The van der Waals surface area contributed by atoms with Gasteiger partial charge in [0.05, 0.1) is 12.8 Å². The van der Waals surface area contributed by atoms with Crippen molar-refractivity contribution in [2.45, 2.75) is 63.8 Å². The van der Waals surface area contributed by atoms with Crippen LogP contribution in [0, 0.1) is 11.8 Å². The highest BCUT2D eigenvalue weighted by molar-refractivity contribution is 5.96. The van der Waals surface area contributed by atoms with Crippen LogP contribution in [-0.4, -0.2) is 25.0 Å². The molecule has 0 saturated heterocycles. The molecule has 2 amide bonds. The molecular formula is C21H32ClN3O3. The fourth-order valence-electron chi connectivity index (χ4n) is 4.25. The van der Waals surface area contributed by atoms with E-state index in [0.717, 1.165) is 44.9 Å². The van der Waals surface area contributed by atoms with Crippen LogP contribution < -0.4 is 21.1 Å². The molecule has 2 fully saturated rings. The second kappa shape index (κ2) is 10.7. The third-order valence-electron chi connectivity index (χ3n) is 5.88. The quantitative estimate of drug-likeness (QED) is 0.659. The molecule has 0 unspecified atom stereocenters. The number of carbonyl (C=O) groups excluding carboxylic acids is 2. The van der Waals surface area contributed by atoms with Crippen molar-refractivity contribution < 1.29 is 14.3 Å². The lowest BCUT2D eigenvalue weighted by atomic mass is 9.88. The van der Waals surface area contributed by atoms with Crippen LogP contribution in [0.15, 0.2) is 18.2 Å². The van der Waals surface area contributed by atoms with Crippen LogP contribution in [0.1, 0.15) is 57.8 Å². The molecule has 6 nitrogen and oxygen atoms in total. The molecule has 3 rings (SSSR count). The van der Waals surface area contributed by atoms with Crippen LogP contribution >= 0.6 is 12.4 Å². The number of benzene rings is 1. The van der Waals surface area contributed by atoms with E-state index in [2.05, 4.69) is 10.6 Å². The van der Waals surface area contributed by atoms with Gasteiger partial charge in [-0.15, -0.1) is 12.4 Å². The number of anilines is 2.